The van der Waals surface area contributed by atoms with Crippen LogP contribution in [-0.4, -0.2) is 27.2 Å². The quantitative estimate of drug-likeness (QED) is 0.609. The largest absolute Gasteiger partial charge is 0.399 e. The van der Waals surface area contributed by atoms with E-state index in [1.54, 1.807) is 0 Å². The van der Waals surface area contributed by atoms with Gasteiger partial charge in [-0.25, -0.2) is 4.98 Å². The molecule has 2 unspecified atom stereocenters. The van der Waals surface area contributed by atoms with Crippen molar-refractivity contribution >= 4 is 22.7 Å². The van der Waals surface area contributed by atoms with Gasteiger partial charge in [-0.2, -0.15) is 0 Å². The molecule has 18 heavy (non-hydrogen) atoms. The van der Waals surface area contributed by atoms with Gasteiger partial charge in [0, 0.05) is 5.69 Å². The SMILES string of the molecule is Nc1ccc2nc(NC3CCCCC3O)[nH]c2c1. The number of H-pyrrole nitrogens is 1. The molecule has 3 rings (SSSR count). The summed E-state index contributed by atoms with van der Waals surface area (Å²) in [7, 11) is 0. The minimum absolute atomic E-state index is 0.0941. The Morgan fingerprint density at radius 3 is 3.00 bits per heavy atom. The van der Waals surface area contributed by atoms with Crippen molar-refractivity contribution in [3.05, 3.63) is 18.2 Å². The lowest BCUT2D eigenvalue weighted by Crippen LogP contribution is -2.36. The summed E-state index contributed by atoms with van der Waals surface area (Å²) in [6.45, 7) is 0. The molecule has 0 amide bonds. The van der Waals surface area contributed by atoms with Crippen LogP contribution in [0, 0.1) is 0 Å². The third-order valence-corrected chi connectivity index (χ3v) is 3.56. The molecule has 0 bridgehead atoms. The fourth-order valence-electron chi connectivity index (χ4n) is 2.55. The van der Waals surface area contributed by atoms with E-state index < -0.39 is 0 Å². The lowest BCUT2D eigenvalue weighted by Gasteiger charge is -2.28. The van der Waals surface area contributed by atoms with Gasteiger partial charge in [0.25, 0.3) is 0 Å². The van der Waals surface area contributed by atoms with E-state index in [1.165, 1.54) is 0 Å². The second kappa shape index (κ2) is 4.49. The van der Waals surface area contributed by atoms with Crippen molar-refractivity contribution in [2.24, 2.45) is 0 Å². The first-order valence-electron chi connectivity index (χ1n) is 6.42. The number of nitrogens with zero attached hydrogens (tertiary/aromatic N) is 1. The average Bonchev–Trinajstić information content (AvgIpc) is 2.73. The number of aliphatic hydroxyl groups is 1. The molecule has 0 spiro atoms. The first-order chi connectivity index (χ1) is 8.72. The highest BCUT2D eigenvalue weighted by Gasteiger charge is 2.23. The highest BCUT2D eigenvalue weighted by atomic mass is 16.3. The molecule has 5 heteroatoms. The molecule has 1 aliphatic rings. The number of anilines is 2. The molecule has 1 aromatic carbocycles. The van der Waals surface area contributed by atoms with Crippen LogP contribution < -0.4 is 11.1 Å². The summed E-state index contributed by atoms with van der Waals surface area (Å²) in [4.78, 5) is 7.64. The number of aromatic nitrogens is 2. The summed E-state index contributed by atoms with van der Waals surface area (Å²) in [6, 6.07) is 5.69. The van der Waals surface area contributed by atoms with Crippen LogP contribution in [0.5, 0.6) is 0 Å². The number of hydrogen-bond acceptors (Lipinski definition) is 4. The van der Waals surface area contributed by atoms with Gasteiger partial charge in [-0.3, -0.25) is 0 Å². The zero-order valence-corrected chi connectivity index (χ0v) is 10.2. The number of nitrogen functional groups attached to an aromatic ring is 1. The van der Waals surface area contributed by atoms with Crippen LogP contribution in [0.15, 0.2) is 18.2 Å². The number of benzene rings is 1. The smallest absolute Gasteiger partial charge is 0.201 e. The van der Waals surface area contributed by atoms with Crippen LogP contribution >= 0.6 is 0 Å². The first-order valence-corrected chi connectivity index (χ1v) is 6.42. The number of imidazole rings is 1. The molecule has 0 aliphatic heterocycles. The summed E-state index contributed by atoms with van der Waals surface area (Å²) in [5, 5.41) is 13.2. The van der Waals surface area contributed by atoms with Gasteiger partial charge in [-0.15, -0.1) is 0 Å². The van der Waals surface area contributed by atoms with Crippen molar-refractivity contribution in [1.82, 2.24) is 9.97 Å². The van der Waals surface area contributed by atoms with Crippen LogP contribution in [0.1, 0.15) is 25.7 Å². The Morgan fingerprint density at radius 1 is 1.33 bits per heavy atom. The molecule has 5 N–H and O–H groups in total. The summed E-state index contributed by atoms with van der Waals surface area (Å²) >= 11 is 0. The van der Waals surface area contributed by atoms with Crippen LogP contribution in [0.2, 0.25) is 0 Å². The number of nitrogens with two attached hydrogens (primary N) is 1. The van der Waals surface area contributed by atoms with Crippen LogP contribution in [-0.2, 0) is 0 Å². The Balaban J connectivity index is 1.81. The summed E-state index contributed by atoms with van der Waals surface area (Å²) in [5.74, 6) is 0.710. The topological polar surface area (TPSA) is 87.0 Å². The maximum Gasteiger partial charge on any atom is 0.201 e. The van der Waals surface area contributed by atoms with Gasteiger partial charge in [0.05, 0.1) is 23.2 Å². The van der Waals surface area contributed by atoms with E-state index in [-0.39, 0.29) is 12.1 Å². The molecule has 1 aromatic heterocycles. The minimum atomic E-state index is -0.281. The fourth-order valence-corrected chi connectivity index (χ4v) is 2.55. The Labute approximate surface area is 105 Å². The van der Waals surface area contributed by atoms with Gasteiger partial charge in [0.1, 0.15) is 0 Å². The molecule has 1 heterocycles. The molecular weight excluding hydrogens is 228 g/mol. The van der Waals surface area contributed by atoms with Crippen LogP contribution in [0.3, 0.4) is 0 Å². The van der Waals surface area contributed by atoms with E-state index in [4.69, 9.17) is 5.73 Å². The lowest BCUT2D eigenvalue weighted by atomic mass is 9.93. The maximum atomic E-state index is 9.93. The van der Waals surface area contributed by atoms with E-state index in [2.05, 4.69) is 15.3 Å². The van der Waals surface area contributed by atoms with Gasteiger partial charge in [-0.1, -0.05) is 12.8 Å². The molecule has 1 fully saturated rings. The molecule has 2 aromatic rings. The third-order valence-electron chi connectivity index (χ3n) is 3.56. The molecule has 0 radical (unpaired) electrons. The molecule has 1 saturated carbocycles. The second-order valence-corrected chi connectivity index (χ2v) is 4.96. The van der Waals surface area contributed by atoms with Crippen LogP contribution in [0.25, 0.3) is 11.0 Å². The Kier molecular flexibility index (Phi) is 2.83. The van der Waals surface area contributed by atoms with Gasteiger partial charge >= 0.3 is 0 Å². The van der Waals surface area contributed by atoms with Crippen molar-refractivity contribution in [3.63, 3.8) is 0 Å². The monoisotopic (exact) mass is 246 g/mol. The highest BCUT2D eigenvalue weighted by Crippen LogP contribution is 2.23. The van der Waals surface area contributed by atoms with Crippen molar-refractivity contribution in [1.29, 1.82) is 0 Å². The Bertz CT molecular complexity index is 551. The molecule has 1 aliphatic carbocycles. The Morgan fingerprint density at radius 2 is 2.17 bits per heavy atom. The van der Waals surface area contributed by atoms with Crippen molar-refractivity contribution < 1.29 is 5.11 Å². The number of aliphatic hydroxyl groups excluding tert-OH is 1. The summed E-state index contributed by atoms with van der Waals surface area (Å²) in [5.41, 5.74) is 8.25. The number of nitrogens with one attached hydrogen (secondary N) is 2. The van der Waals surface area contributed by atoms with Gasteiger partial charge in [0.2, 0.25) is 5.95 Å². The predicted octanol–water partition coefficient (Wildman–Crippen LogP) is 1.86. The number of fused-ring (bicyclic) bond motifs is 1. The fraction of sp³-hybridized carbons (Fsp3) is 0.462. The van der Waals surface area contributed by atoms with Gasteiger partial charge < -0.3 is 21.1 Å². The zero-order chi connectivity index (χ0) is 12.5. The van der Waals surface area contributed by atoms with E-state index >= 15 is 0 Å². The molecule has 96 valence electrons. The van der Waals surface area contributed by atoms with E-state index in [1.807, 2.05) is 18.2 Å². The maximum absolute atomic E-state index is 9.93. The lowest BCUT2D eigenvalue weighted by molar-refractivity contribution is 0.116. The Hall–Kier alpha value is -1.75. The molecule has 0 saturated heterocycles. The van der Waals surface area contributed by atoms with Gasteiger partial charge in [0.15, 0.2) is 0 Å². The number of aromatic amines is 1. The number of rotatable bonds is 2. The highest BCUT2D eigenvalue weighted by molar-refractivity contribution is 5.80. The molecular formula is C13H18N4O. The van der Waals surface area contributed by atoms with E-state index in [9.17, 15) is 5.11 Å². The average molecular weight is 246 g/mol. The predicted molar refractivity (Wildman–Crippen MR) is 72.4 cm³/mol. The third kappa shape index (κ3) is 2.13. The van der Waals surface area contributed by atoms with Crippen molar-refractivity contribution in [2.45, 2.75) is 37.8 Å². The van der Waals surface area contributed by atoms with Crippen molar-refractivity contribution in [3.8, 4) is 0 Å². The minimum Gasteiger partial charge on any atom is -0.399 e. The van der Waals surface area contributed by atoms with Gasteiger partial charge in [-0.05, 0) is 31.0 Å². The van der Waals surface area contributed by atoms with Crippen molar-refractivity contribution in [2.75, 3.05) is 11.1 Å². The van der Waals surface area contributed by atoms with E-state index in [0.29, 0.717) is 5.95 Å². The standard InChI is InChI=1S/C13H18N4O/c14-8-5-6-9-11(7-8)17-13(15-9)16-10-3-1-2-4-12(10)18/h5-7,10,12,18H,1-4,14H2,(H2,15,16,17). The number of hydrogen-bond donors (Lipinski definition) is 4. The molecule has 5 nitrogen and oxygen atoms in total. The molecule has 2 atom stereocenters. The summed E-state index contributed by atoms with van der Waals surface area (Å²) < 4.78 is 0. The second-order valence-electron chi connectivity index (χ2n) is 4.96. The van der Waals surface area contributed by atoms with Crippen LogP contribution in [0.4, 0.5) is 11.6 Å². The normalized spacial score (nSPS) is 24.3. The summed E-state index contributed by atoms with van der Waals surface area (Å²) in [6.07, 6.45) is 3.83. The van der Waals surface area contributed by atoms with E-state index in [0.717, 1.165) is 42.4 Å². The zero-order valence-electron chi connectivity index (χ0n) is 10.2. The first kappa shape index (κ1) is 11.3.